The van der Waals surface area contributed by atoms with Crippen molar-refractivity contribution in [3.05, 3.63) is 101 Å². The zero-order valence-electron chi connectivity index (χ0n) is 19.9. The third kappa shape index (κ3) is 9.07. The number of aryl methyl sites for hydroxylation is 1. The average molecular weight is 455 g/mol. The highest BCUT2D eigenvalue weighted by molar-refractivity contribution is 5.91. The van der Waals surface area contributed by atoms with E-state index in [2.05, 4.69) is 60.0 Å². The second kappa shape index (κ2) is 13.8. The molecule has 176 valence electrons. The zero-order valence-corrected chi connectivity index (χ0v) is 19.9. The van der Waals surface area contributed by atoms with Crippen LogP contribution in [0.5, 0.6) is 0 Å². The normalized spacial score (nSPS) is 10.9. The van der Waals surface area contributed by atoms with Crippen molar-refractivity contribution in [1.82, 2.24) is 5.32 Å². The molecular formula is C30H34N2O2. The van der Waals surface area contributed by atoms with E-state index in [9.17, 15) is 9.59 Å². The molecule has 0 unspecified atom stereocenters. The van der Waals surface area contributed by atoms with E-state index >= 15 is 0 Å². The van der Waals surface area contributed by atoms with Gasteiger partial charge in [0.15, 0.2) is 0 Å². The van der Waals surface area contributed by atoms with E-state index < -0.39 is 0 Å². The van der Waals surface area contributed by atoms with Gasteiger partial charge in [-0.1, -0.05) is 92.2 Å². The number of carbonyl (C=O) groups is 2. The molecule has 0 saturated heterocycles. The Kier molecular flexibility index (Phi) is 10.1. The number of nitrogens with one attached hydrogen (secondary N) is 2. The highest BCUT2D eigenvalue weighted by Crippen LogP contribution is 2.13. The largest absolute Gasteiger partial charge is 0.356 e. The fraction of sp³-hybridized carbons (Fsp3) is 0.267. The summed E-state index contributed by atoms with van der Waals surface area (Å²) in [6.45, 7) is 2.79. The number of hydrogen-bond acceptors (Lipinski definition) is 2. The molecule has 0 heterocycles. The van der Waals surface area contributed by atoms with Gasteiger partial charge in [-0.3, -0.25) is 9.59 Å². The van der Waals surface area contributed by atoms with Crippen LogP contribution in [0, 0.1) is 0 Å². The lowest BCUT2D eigenvalue weighted by Gasteiger charge is -2.07. The van der Waals surface area contributed by atoms with Crippen LogP contribution in [0.25, 0.3) is 12.2 Å². The van der Waals surface area contributed by atoms with Gasteiger partial charge >= 0.3 is 0 Å². The lowest BCUT2D eigenvalue weighted by atomic mass is 10.1. The van der Waals surface area contributed by atoms with Gasteiger partial charge in [0.2, 0.25) is 11.8 Å². The molecule has 3 aromatic rings. The molecule has 2 N–H and O–H groups in total. The predicted octanol–water partition coefficient (Wildman–Crippen LogP) is 6.28. The highest BCUT2D eigenvalue weighted by atomic mass is 16.2. The van der Waals surface area contributed by atoms with Crippen molar-refractivity contribution in [2.45, 2.75) is 45.4 Å². The Morgan fingerprint density at radius 3 is 1.94 bits per heavy atom. The lowest BCUT2D eigenvalue weighted by Crippen LogP contribution is -2.25. The highest BCUT2D eigenvalue weighted by Gasteiger charge is 2.06. The summed E-state index contributed by atoms with van der Waals surface area (Å²) in [5, 5.41) is 5.85. The van der Waals surface area contributed by atoms with Gasteiger partial charge in [0.05, 0.1) is 0 Å². The molecule has 4 heteroatoms. The van der Waals surface area contributed by atoms with E-state index in [4.69, 9.17) is 0 Å². The fourth-order valence-electron chi connectivity index (χ4n) is 3.66. The molecule has 0 fully saturated rings. The number of rotatable bonds is 12. The molecule has 0 saturated carbocycles. The molecular weight excluding hydrogens is 420 g/mol. The first-order valence-corrected chi connectivity index (χ1v) is 12.1. The van der Waals surface area contributed by atoms with Gasteiger partial charge in [-0.05, 0) is 53.6 Å². The van der Waals surface area contributed by atoms with Crippen LogP contribution < -0.4 is 10.6 Å². The maximum absolute atomic E-state index is 12.2. The summed E-state index contributed by atoms with van der Waals surface area (Å²) in [6, 6.07) is 26.4. The van der Waals surface area contributed by atoms with Crippen molar-refractivity contribution in [2.24, 2.45) is 0 Å². The summed E-state index contributed by atoms with van der Waals surface area (Å²) in [7, 11) is 0. The van der Waals surface area contributed by atoms with Gasteiger partial charge in [-0.15, -0.1) is 0 Å². The first-order valence-electron chi connectivity index (χ1n) is 12.1. The van der Waals surface area contributed by atoms with E-state index in [1.54, 1.807) is 0 Å². The quantitative estimate of drug-likeness (QED) is 0.317. The average Bonchev–Trinajstić information content (AvgIpc) is 2.85. The Labute approximate surface area is 203 Å². The summed E-state index contributed by atoms with van der Waals surface area (Å²) in [4.78, 5) is 24.3. The molecule has 0 radical (unpaired) electrons. The van der Waals surface area contributed by atoms with Gasteiger partial charge < -0.3 is 10.6 Å². The predicted molar refractivity (Wildman–Crippen MR) is 141 cm³/mol. The Bertz CT molecular complexity index is 1060. The minimum Gasteiger partial charge on any atom is -0.356 e. The first-order chi connectivity index (χ1) is 16.6. The van der Waals surface area contributed by atoms with Crippen molar-refractivity contribution in [3.8, 4) is 0 Å². The molecule has 0 aliphatic rings. The standard InChI is InChI=1S/C30H34N2O2/c1-2-7-24-12-16-27(17-13-24)22-23-31-29(33)10-6-11-30(34)32-28-20-18-26(19-21-28)15-14-25-8-4-3-5-9-25/h3-5,8-9,12-21H,2,6-7,10-11,22-23H2,1H3,(H,31,33)(H,32,34)/b15-14+. The van der Waals surface area contributed by atoms with Gasteiger partial charge in [-0.25, -0.2) is 0 Å². The molecule has 0 atom stereocenters. The number of amides is 2. The van der Waals surface area contributed by atoms with E-state index in [1.807, 2.05) is 48.5 Å². The second-order valence-corrected chi connectivity index (χ2v) is 8.43. The van der Waals surface area contributed by atoms with Gasteiger partial charge in [-0.2, -0.15) is 0 Å². The van der Waals surface area contributed by atoms with Crippen molar-refractivity contribution in [2.75, 3.05) is 11.9 Å². The van der Waals surface area contributed by atoms with Crippen molar-refractivity contribution >= 4 is 29.7 Å². The fourth-order valence-corrected chi connectivity index (χ4v) is 3.66. The lowest BCUT2D eigenvalue weighted by molar-refractivity contribution is -0.121. The molecule has 3 rings (SSSR count). The van der Waals surface area contributed by atoms with Crippen LogP contribution in [0.2, 0.25) is 0 Å². The Hall–Kier alpha value is -3.66. The van der Waals surface area contributed by atoms with E-state index in [0.717, 1.165) is 36.1 Å². The van der Waals surface area contributed by atoms with Crippen LogP contribution in [0.3, 0.4) is 0 Å². The Morgan fingerprint density at radius 2 is 1.29 bits per heavy atom. The maximum atomic E-state index is 12.2. The van der Waals surface area contributed by atoms with Crippen LogP contribution in [-0.2, 0) is 22.4 Å². The summed E-state index contributed by atoms with van der Waals surface area (Å²) >= 11 is 0. The molecule has 0 aliphatic heterocycles. The van der Waals surface area contributed by atoms with Crippen LogP contribution in [0.1, 0.15) is 54.9 Å². The van der Waals surface area contributed by atoms with Crippen LogP contribution in [-0.4, -0.2) is 18.4 Å². The van der Waals surface area contributed by atoms with Gasteiger partial charge in [0.25, 0.3) is 0 Å². The summed E-state index contributed by atoms with van der Waals surface area (Å²) in [5.74, 6) is -0.0856. The summed E-state index contributed by atoms with van der Waals surface area (Å²) in [5.41, 5.74) is 5.54. The monoisotopic (exact) mass is 454 g/mol. The number of carbonyl (C=O) groups excluding carboxylic acids is 2. The molecule has 0 aromatic heterocycles. The van der Waals surface area contributed by atoms with E-state index in [1.165, 1.54) is 11.1 Å². The minimum absolute atomic E-state index is 0.00930. The SMILES string of the molecule is CCCc1ccc(CCNC(=O)CCCC(=O)Nc2ccc(/C=C/c3ccccc3)cc2)cc1. The van der Waals surface area contributed by atoms with Gasteiger partial charge in [0, 0.05) is 25.1 Å². The third-order valence-electron chi connectivity index (χ3n) is 5.57. The second-order valence-electron chi connectivity index (χ2n) is 8.43. The first kappa shape index (κ1) is 25.0. The zero-order chi connectivity index (χ0) is 24.0. The summed E-state index contributed by atoms with van der Waals surface area (Å²) < 4.78 is 0. The maximum Gasteiger partial charge on any atom is 0.224 e. The molecule has 0 spiro atoms. The molecule has 0 bridgehead atoms. The van der Waals surface area contributed by atoms with Crippen molar-refractivity contribution < 1.29 is 9.59 Å². The van der Waals surface area contributed by atoms with E-state index in [0.29, 0.717) is 25.8 Å². The Morgan fingerprint density at radius 1 is 0.706 bits per heavy atom. The van der Waals surface area contributed by atoms with Crippen molar-refractivity contribution in [3.63, 3.8) is 0 Å². The summed E-state index contributed by atoms with van der Waals surface area (Å²) in [6.07, 6.45) is 8.36. The minimum atomic E-state index is -0.0763. The third-order valence-corrected chi connectivity index (χ3v) is 5.57. The van der Waals surface area contributed by atoms with E-state index in [-0.39, 0.29) is 11.8 Å². The molecule has 0 aliphatic carbocycles. The topological polar surface area (TPSA) is 58.2 Å². The van der Waals surface area contributed by atoms with Crippen LogP contribution >= 0.6 is 0 Å². The smallest absolute Gasteiger partial charge is 0.224 e. The number of anilines is 1. The van der Waals surface area contributed by atoms with Crippen LogP contribution in [0.15, 0.2) is 78.9 Å². The number of hydrogen-bond donors (Lipinski definition) is 2. The molecule has 2 amide bonds. The molecule has 34 heavy (non-hydrogen) atoms. The van der Waals surface area contributed by atoms with Crippen molar-refractivity contribution in [1.29, 1.82) is 0 Å². The van der Waals surface area contributed by atoms with Gasteiger partial charge in [0.1, 0.15) is 0 Å². The Balaban J connectivity index is 1.30. The number of benzene rings is 3. The van der Waals surface area contributed by atoms with Crippen LogP contribution in [0.4, 0.5) is 5.69 Å². The molecule has 3 aromatic carbocycles. The molecule has 4 nitrogen and oxygen atoms in total.